The van der Waals surface area contributed by atoms with Gasteiger partial charge in [0.15, 0.2) is 4.77 Å². The Bertz CT molecular complexity index is 476. The molecule has 98 valence electrons. The second-order valence-electron chi connectivity index (χ2n) is 5.25. The van der Waals surface area contributed by atoms with Crippen molar-refractivity contribution in [2.24, 2.45) is 0 Å². The lowest BCUT2D eigenvalue weighted by molar-refractivity contribution is 0.461. The summed E-state index contributed by atoms with van der Waals surface area (Å²) < 4.78 is 0.593. The summed E-state index contributed by atoms with van der Waals surface area (Å²) in [5.41, 5.74) is 2.53. The minimum absolute atomic E-state index is 0.585. The van der Waals surface area contributed by atoms with Crippen LogP contribution in [-0.4, -0.2) is 22.6 Å². The Balaban J connectivity index is 1.85. The van der Waals surface area contributed by atoms with Gasteiger partial charge in [-0.05, 0) is 38.0 Å². The predicted octanol–water partition coefficient (Wildman–Crippen LogP) is 2.53. The number of rotatable bonds is 2. The molecule has 5 heteroatoms. The molecule has 18 heavy (non-hydrogen) atoms. The van der Waals surface area contributed by atoms with Gasteiger partial charge in [0.25, 0.3) is 0 Å². The third kappa shape index (κ3) is 2.57. The van der Waals surface area contributed by atoms with Crippen LogP contribution >= 0.6 is 12.2 Å². The minimum atomic E-state index is 0.585. The van der Waals surface area contributed by atoms with Crippen LogP contribution in [0.5, 0.6) is 0 Å². The summed E-state index contributed by atoms with van der Waals surface area (Å²) in [6, 6.07) is 0.585. The van der Waals surface area contributed by atoms with Crippen LogP contribution in [0.2, 0.25) is 0 Å². The fourth-order valence-corrected chi connectivity index (χ4v) is 3.17. The smallest absolute Gasteiger partial charge is 0.199 e. The Morgan fingerprint density at radius 2 is 2.06 bits per heavy atom. The second-order valence-corrected chi connectivity index (χ2v) is 5.64. The van der Waals surface area contributed by atoms with Crippen molar-refractivity contribution in [2.75, 3.05) is 11.9 Å². The Kier molecular flexibility index (Phi) is 3.61. The second kappa shape index (κ2) is 5.36. The third-order valence-corrected chi connectivity index (χ3v) is 4.11. The molecule has 0 amide bonds. The number of aromatic amines is 1. The lowest BCUT2D eigenvalue weighted by Crippen LogP contribution is -2.29. The lowest BCUT2D eigenvalue weighted by Gasteiger charge is -2.26. The molecular weight excluding hydrogens is 244 g/mol. The maximum atomic E-state index is 5.22. The third-order valence-electron chi connectivity index (χ3n) is 3.92. The largest absolute Gasteiger partial charge is 0.367 e. The summed E-state index contributed by atoms with van der Waals surface area (Å²) >= 11 is 5.22. The SMILES string of the molecule is S=c1nc(NC2CCCCC2)c2c([nH]1)CNCC2. The summed E-state index contributed by atoms with van der Waals surface area (Å²) in [6.07, 6.45) is 7.61. The number of H-pyrrole nitrogens is 1. The molecule has 3 N–H and O–H groups in total. The average Bonchev–Trinajstić information content (AvgIpc) is 2.40. The number of nitrogens with zero attached hydrogens (tertiary/aromatic N) is 1. The van der Waals surface area contributed by atoms with Crippen molar-refractivity contribution in [1.82, 2.24) is 15.3 Å². The number of aromatic nitrogens is 2. The van der Waals surface area contributed by atoms with Crippen molar-refractivity contribution in [3.63, 3.8) is 0 Å². The zero-order valence-electron chi connectivity index (χ0n) is 10.6. The molecule has 1 saturated carbocycles. The van der Waals surface area contributed by atoms with Gasteiger partial charge < -0.3 is 15.6 Å². The summed E-state index contributed by atoms with van der Waals surface area (Å²) in [5.74, 6) is 1.03. The molecule has 0 bridgehead atoms. The highest BCUT2D eigenvalue weighted by Crippen LogP contribution is 2.24. The Hall–Kier alpha value is -0.940. The van der Waals surface area contributed by atoms with Crippen LogP contribution in [0, 0.1) is 4.77 Å². The highest BCUT2D eigenvalue weighted by atomic mass is 32.1. The number of hydrogen-bond acceptors (Lipinski definition) is 4. The molecule has 0 unspecified atom stereocenters. The van der Waals surface area contributed by atoms with Crippen LogP contribution in [0.1, 0.15) is 43.4 Å². The lowest BCUT2D eigenvalue weighted by atomic mass is 9.95. The number of fused-ring (bicyclic) bond motifs is 1. The molecule has 0 atom stereocenters. The molecule has 2 aliphatic rings. The van der Waals surface area contributed by atoms with E-state index in [4.69, 9.17) is 12.2 Å². The maximum absolute atomic E-state index is 5.22. The van der Waals surface area contributed by atoms with Gasteiger partial charge in [-0.2, -0.15) is 0 Å². The predicted molar refractivity (Wildman–Crippen MR) is 75.3 cm³/mol. The topological polar surface area (TPSA) is 52.7 Å². The van der Waals surface area contributed by atoms with E-state index in [1.807, 2.05) is 0 Å². The zero-order chi connectivity index (χ0) is 12.4. The summed E-state index contributed by atoms with van der Waals surface area (Å²) in [5, 5.41) is 6.99. The van der Waals surface area contributed by atoms with Gasteiger partial charge >= 0.3 is 0 Å². The molecule has 0 saturated heterocycles. The first kappa shape index (κ1) is 12.1. The molecular formula is C13H20N4S. The van der Waals surface area contributed by atoms with E-state index in [0.717, 1.165) is 25.3 Å². The first-order chi connectivity index (χ1) is 8.83. The van der Waals surface area contributed by atoms with Crippen molar-refractivity contribution in [2.45, 2.75) is 51.1 Å². The van der Waals surface area contributed by atoms with Crippen LogP contribution < -0.4 is 10.6 Å². The molecule has 0 spiro atoms. The molecule has 1 aliphatic heterocycles. The molecule has 4 nitrogen and oxygen atoms in total. The van der Waals surface area contributed by atoms with Crippen molar-refractivity contribution in [3.8, 4) is 0 Å². The first-order valence-corrected chi connectivity index (χ1v) is 7.33. The fraction of sp³-hybridized carbons (Fsp3) is 0.692. The van der Waals surface area contributed by atoms with Gasteiger partial charge in [-0.1, -0.05) is 19.3 Å². The van der Waals surface area contributed by atoms with Gasteiger partial charge in [0.2, 0.25) is 0 Å². The summed E-state index contributed by atoms with van der Waals surface area (Å²) in [7, 11) is 0. The van der Waals surface area contributed by atoms with E-state index in [1.54, 1.807) is 0 Å². The van der Waals surface area contributed by atoms with E-state index >= 15 is 0 Å². The Morgan fingerprint density at radius 3 is 2.89 bits per heavy atom. The molecule has 0 aromatic carbocycles. The minimum Gasteiger partial charge on any atom is -0.367 e. The van der Waals surface area contributed by atoms with Gasteiger partial charge in [-0.25, -0.2) is 4.98 Å². The maximum Gasteiger partial charge on any atom is 0.199 e. The zero-order valence-corrected chi connectivity index (χ0v) is 11.4. The number of nitrogens with one attached hydrogen (secondary N) is 3. The van der Waals surface area contributed by atoms with Gasteiger partial charge in [0.05, 0.1) is 0 Å². The van der Waals surface area contributed by atoms with Crippen LogP contribution in [0.4, 0.5) is 5.82 Å². The summed E-state index contributed by atoms with van der Waals surface area (Å²) in [6.45, 7) is 1.90. The summed E-state index contributed by atoms with van der Waals surface area (Å²) in [4.78, 5) is 7.71. The Labute approximate surface area is 113 Å². The van der Waals surface area contributed by atoms with Crippen molar-refractivity contribution in [3.05, 3.63) is 16.0 Å². The number of hydrogen-bond donors (Lipinski definition) is 3. The molecule has 0 radical (unpaired) electrons. The first-order valence-electron chi connectivity index (χ1n) is 6.92. The van der Waals surface area contributed by atoms with Gasteiger partial charge in [-0.15, -0.1) is 0 Å². The van der Waals surface area contributed by atoms with Gasteiger partial charge in [0.1, 0.15) is 5.82 Å². The monoisotopic (exact) mass is 264 g/mol. The molecule has 1 aliphatic carbocycles. The molecule has 2 heterocycles. The highest BCUT2D eigenvalue weighted by molar-refractivity contribution is 7.71. The van der Waals surface area contributed by atoms with Crippen LogP contribution in [-0.2, 0) is 13.0 Å². The van der Waals surface area contributed by atoms with Gasteiger partial charge in [-0.3, -0.25) is 0 Å². The van der Waals surface area contributed by atoms with E-state index < -0.39 is 0 Å². The van der Waals surface area contributed by atoms with E-state index in [2.05, 4.69) is 20.6 Å². The van der Waals surface area contributed by atoms with Crippen molar-refractivity contribution >= 4 is 18.0 Å². The molecule has 1 aromatic heterocycles. The standard InChI is InChI=1S/C13H20N4S/c18-13-16-11-8-14-7-6-10(11)12(17-13)15-9-4-2-1-3-5-9/h9,14H,1-8H2,(H2,15,16,17,18). The van der Waals surface area contributed by atoms with Crippen LogP contribution in [0.3, 0.4) is 0 Å². The van der Waals surface area contributed by atoms with E-state index in [0.29, 0.717) is 10.8 Å². The quantitative estimate of drug-likeness (QED) is 0.719. The number of anilines is 1. The van der Waals surface area contributed by atoms with Gasteiger partial charge in [0, 0.05) is 23.8 Å². The van der Waals surface area contributed by atoms with E-state index in [9.17, 15) is 0 Å². The molecule has 3 rings (SSSR count). The van der Waals surface area contributed by atoms with Crippen molar-refractivity contribution in [1.29, 1.82) is 0 Å². The van der Waals surface area contributed by atoms with E-state index in [-0.39, 0.29) is 0 Å². The normalized spacial score (nSPS) is 20.4. The van der Waals surface area contributed by atoms with Crippen LogP contribution in [0.15, 0.2) is 0 Å². The fourth-order valence-electron chi connectivity index (χ4n) is 2.95. The van der Waals surface area contributed by atoms with E-state index in [1.165, 1.54) is 43.4 Å². The van der Waals surface area contributed by atoms with Crippen molar-refractivity contribution < 1.29 is 0 Å². The van der Waals surface area contributed by atoms with Crippen LogP contribution in [0.25, 0.3) is 0 Å². The Morgan fingerprint density at radius 1 is 1.22 bits per heavy atom. The molecule has 1 aromatic rings. The molecule has 1 fully saturated rings. The average molecular weight is 264 g/mol. The highest BCUT2D eigenvalue weighted by Gasteiger charge is 2.19.